The first-order valence-electron chi connectivity index (χ1n) is 48.2. The number of nitrogens with one attached hydrogen (secondary N) is 3. The molecule has 0 saturated heterocycles. The van der Waals surface area contributed by atoms with E-state index in [2.05, 4.69) is 120 Å². The van der Waals surface area contributed by atoms with Gasteiger partial charge in [0.25, 0.3) is 0 Å². The van der Waals surface area contributed by atoms with Crippen molar-refractivity contribution in [3.05, 3.63) is 167 Å². The molecule has 44 nitrogen and oxygen atoms in total. The predicted molar refractivity (Wildman–Crippen MR) is 523 cm³/mol. The Balaban J connectivity index is 0.000000144. The maximum absolute atomic E-state index is 11.4. The lowest BCUT2D eigenvalue weighted by Crippen LogP contribution is -2.30. The van der Waals surface area contributed by atoms with E-state index in [1.165, 1.54) is 0 Å². The molecular weight excluding hydrogens is 1840 g/mol. The second-order valence-electron chi connectivity index (χ2n) is 36.3. The van der Waals surface area contributed by atoms with Crippen LogP contribution >= 0.6 is 0 Å². The summed E-state index contributed by atoms with van der Waals surface area (Å²) >= 11 is 0. The zero-order valence-electron chi connectivity index (χ0n) is 82.4. The van der Waals surface area contributed by atoms with E-state index >= 15 is 0 Å². The SMILES string of the molecule is CCOc1ccnc(NCc2c(-c3ccc(O[C@H]4CCC[C@H](C(=O)O)C4)c(C)n3)nnn2C)n1.Cc1ccccc1-c1ccnc(NCc2c(-c3cnc(O[C@H]4CCC[C@H](C(=O)O)C4)c(C)n3)nnn2C)n1.Cc1nc(-c2nnn(C)c2CN(C)c2nccc(OC3CC3)n2)ccc1O[C@H]1CCC[C@H](C(=O)O)C1.Cc1nc(-c2nnn(C)c2CNc2nccc(OC(C)C)n2)ccc1O[C@H]1CCC[C@H](C(=O)O)C1. The van der Waals surface area contributed by atoms with E-state index in [9.17, 15) is 39.6 Å². The summed E-state index contributed by atoms with van der Waals surface area (Å²) in [5.74, 6) is 1.46. The molecule has 18 rings (SSSR count). The smallest absolute Gasteiger partial charge is 0.306 e. The zero-order valence-corrected chi connectivity index (χ0v) is 82.4. The topological polar surface area (TPSA) is 544 Å². The molecule has 44 heteroatoms. The highest BCUT2D eigenvalue weighted by Crippen LogP contribution is 2.38. The fourth-order valence-electron chi connectivity index (χ4n) is 17.4. The molecule has 5 fully saturated rings. The monoisotopic (exact) mass is 1960 g/mol. The number of rotatable bonds is 35. The minimum atomic E-state index is -0.771. The van der Waals surface area contributed by atoms with Gasteiger partial charge in [0, 0.05) is 83.8 Å². The van der Waals surface area contributed by atoms with Crippen molar-refractivity contribution in [3.8, 4) is 97.6 Å². The van der Waals surface area contributed by atoms with Crippen LogP contribution in [0, 0.1) is 58.3 Å². The van der Waals surface area contributed by atoms with Gasteiger partial charge in [-0.05, 0) is 219 Å². The molecule has 5 aliphatic carbocycles. The van der Waals surface area contributed by atoms with Gasteiger partial charge in [-0.15, -0.1) is 20.4 Å². The third kappa shape index (κ3) is 27.1. The molecule has 12 heterocycles. The van der Waals surface area contributed by atoms with Crippen molar-refractivity contribution in [2.45, 2.75) is 234 Å². The van der Waals surface area contributed by atoms with Gasteiger partial charge in [-0.2, -0.15) is 15.0 Å². The minimum Gasteiger partial charge on any atom is -0.489 e. The molecule has 0 amide bonds. The third-order valence-electron chi connectivity index (χ3n) is 25.2. The van der Waals surface area contributed by atoms with Crippen LogP contribution in [0.3, 0.4) is 0 Å². The van der Waals surface area contributed by atoms with Crippen LogP contribution in [0.1, 0.15) is 187 Å². The first kappa shape index (κ1) is 102. The fourth-order valence-corrected chi connectivity index (χ4v) is 17.4. The fraction of sp³-hybridized carbons (Fsp3) is 0.465. The number of benzene rings is 1. The molecular formula is C99H121N29O15. The van der Waals surface area contributed by atoms with E-state index < -0.39 is 23.9 Å². The molecule has 0 spiro atoms. The normalized spacial score (nSPS) is 18.1. The molecule has 752 valence electrons. The molecule has 12 aromatic heterocycles. The summed E-state index contributed by atoms with van der Waals surface area (Å²) in [5, 5.41) is 81.0. The summed E-state index contributed by atoms with van der Waals surface area (Å²) in [5.41, 5.74) is 14.3. The number of hydrogen-bond donors (Lipinski definition) is 7. The van der Waals surface area contributed by atoms with E-state index in [0.29, 0.717) is 211 Å². The number of hydrogen-bond acceptors (Lipinski definition) is 36. The van der Waals surface area contributed by atoms with E-state index in [1.807, 2.05) is 149 Å². The number of carboxylic acids is 4. The van der Waals surface area contributed by atoms with Crippen LogP contribution in [-0.2, 0) is 73.5 Å². The minimum absolute atomic E-state index is 0.0172. The molecule has 5 aliphatic rings. The highest BCUT2D eigenvalue weighted by atomic mass is 16.5. The lowest BCUT2D eigenvalue weighted by atomic mass is 9.87. The molecule has 8 atom stereocenters. The molecule has 0 radical (unpaired) electrons. The molecule has 5 saturated carbocycles. The van der Waals surface area contributed by atoms with E-state index in [-0.39, 0.29) is 60.3 Å². The number of carboxylic acid groups (broad SMARTS) is 4. The van der Waals surface area contributed by atoms with Crippen LogP contribution in [-0.4, -0.2) is 219 Å². The summed E-state index contributed by atoms with van der Waals surface area (Å²) < 4.78 is 48.1. The van der Waals surface area contributed by atoms with Crippen molar-refractivity contribution in [3.63, 3.8) is 0 Å². The number of pyridine rings is 3. The van der Waals surface area contributed by atoms with Gasteiger partial charge >= 0.3 is 23.9 Å². The largest absolute Gasteiger partial charge is 0.489 e. The van der Waals surface area contributed by atoms with E-state index in [4.69, 9.17) is 48.1 Å². The van der Waals surface area contributed by atoms with Crippen LogP contribution < -0.4 is 54.0 Å². The second kappa shape index (κ2) is 47.5. The molecule has 0 bridgehead atoms. The summed E-state index contributed by atoms with van der Waals surface area (Å²) in [6.07, 6.45) is 21.7. The first-order valence-corrected chi connectivity index (χ1v) is 48.2. The number of ether oxygens (including phenoxy) is 7. The first-order chi connectivity index (χ1) is 69.0. The Kier molecular flexibility index (Phi) is 33.8. The molecule has 1 aromatic carbocycles. The number of aliphatic carboxylic acids is 4. The summed E-state index contributed by atoms with van der Waals surface area (Å²) in [6, 6.07) is 26.4. The van der Waals surface area contributed by atoms with Gasteiger partial charge in [-0.3, -0.25) is 19.2 Å². The summed E-state index contributed by atoms with van der Waals surface area (Å²) in [7, 11) is 9.21. The number of nitrogens with zero attached hydrogens (tertiary/aromatic N) is 26. The van der Waals surface area contributed by atoms with Gasteiger partial charge in [0.05, 0.1) is 150 Å². The standard InChI is InChI=1S/C27H30N8O3.C25H31N7O4.C24H31N7O4.C23H29N7O4/c1-16-7-4-5-10-20(16)21-11-12-28-27(32-21)30-15-23-24(33-34-35(23)3)22-14-29-25(17(2)31-22)38-19-9-6-8-18(13-19)26(36)37;1-15-21(35-18-6-4-5-16(13-18)24(33)34)10-9-19(27-15)23-20(32(3)30-29-23)14-31(2)25-26-12-11-22(28-25)36-17-7-8-17;1-14(2)34-21-10-11-25-24(28-21)26-13-19-22(29-30-31(19)4)18-8-9-20(15(3)27-18)35-17-7-5-6-16(12-17)23(32)33;1-4-33-20-10-11-24-23(27-20)25-13-18-21(28-29-30(18)3)17-8-9-19(14(2)26-17)34-16-7-5-6-15(12-16)22(31)32/h4-5,7,10-12,14,18-19H,6,8-9,13,15H2,1-3H3,(H,36,37)(H,28,30,32);9-12,16-18H,4-8,13-14H2,1-3H3,(H,33,34);8-11,14,16-17H,5-7,12-13H2,1-4H3,(H,32,33)(H,25,26,28);8-11,15-16H,4-7,12-13H2,1-3H3,(H,31,32)(H,24,25,27)/t18-,19-;16-,18-;16-,17-;15-,16-/m0000/s1. The quantitative estimate of drug-likeness (QED) is 0.0194. The van der Waals surface area contributed by atoms with Crippen molar-refractivity contribution in [2.24, 2.45) is 51.9 Å². The van der Waals surface area contributed by atoms with Gasteiger partial charge in [-0.25, -0.2) is 68.6 Å². The van der Waals surface area contributed by atoms with Crippen LogP contribution in [0.2, 0.25) is 0 Å². The highest BCUT2D eigenvalue weighted by Gasteiger charge is 2.35. The van der Waals surface area contributed by atoms with Crippen molar-refractivity contribution in [1.29, 1.82) is 0 Å². The number of anilines is 4. The van der Waals surface area contributed by atoms with Gasteiger partial charge in [-0.1, -0.05) is 45.1 Å². The molecule has 13 aromatic rings. The van der Waals surface area contributed by atoms with Gasteiger partial charge in [0.1, 0.15) is 63.6 Å². The zero-order chi connectivity index (χ0) is 101. The highest BCUT2D eigenvalue weighted by molar-refractivity contribution is 5.72. The molecule has 7 N–H and O–H groups in total. The van der Waals surface area contributed by atoms with Crippen LogP contribution in [0.25, 0.3) is 56.8 Å². The maximum Gasteiger partial charge on any atom is 0.306 e. The van der Waals surface area contributed by atoms with Crippen molar-refractivity contribution >= 4 is 47.7 Å². The van der Waals surface area contributed by atoms with Gasteiger partial charge in [0.15, 0.2) is 0 Å². The Morgan fingerprint density at radius 2 is 0.790 bits per heavy atom. The Labute approximate surface area is 825 Å². The number of aromatic nitrogens is 25. The lowest BCUT2D eigenvalue weighted by Gasteiger charge is -2.27. The van der Waals surface area contributed by atoms with Gasteiger partial charge in [0.2, 0.25) is 47.3 Å². The Bertz CT molecular complexity index is 6570. The van der Waals surface area contributed by atoms with Crippen molar-refractivity contribution in [1.82, 2.24) is 125 Å². The number of aryl methyl sites for hydroxylation is 9. The van der Waals surface area contributed by atoms with Crippen LogP contribution in [0.5, 0.6) is 40.8 Å². The molecule has 0 aliphatic heterocycles. The Morgan fingerprint density at radius 1 is 0.399 bits per heavy atom. The maximum atomic E-state index is 11.4. The van der Waals surface area contributed by atoms with E-state index in [0.717, 1.165) is 109 Å². The average Bonchev–Trinajstić information content (AvgIpc) is 1.60. The predicted octanol–water partition coefficient (Wildman–Crippen LogP) is 13.6. The van der Waals surface area contributed by atoms with Gasteiger partial charge < -0.3 is 74.4 Å². The Morgan fingerprint density at radius 3 is 1.22 bits per heavy atom. The third-order valence-corrected chi connectivity index (χ3v) is 25.2. The molecule has 0 unspecified atom stereocenters. The van der Waals surface area contributed by atoms with Crippen LogP contribution in [0.15, 0.2) is 116 Å². The average molecular weight is 1960 g/mol. The summed E-state index contributed by atoms with van der Waals surface area (Å²) in [6.45, 7) is 17.5. The van der Waals surface area contributed by atoms with Crippen molar-refractivity contribution in [2.75, 3.05) is 34.5 Å². The summed E-state index contributed by atoms with van der Waals surface area (Å²) in [4.78, 5) is 106. The second-order valence-corrected chi connectivity index (χ2v) is 36.3. The van der Waals surface area contributed by atoms with E-state index in [1.54, 1.807) is 67.9 Å². The molecule has 143 heavy (non-hydrogen) atoms. The van der Waals surface area contributed by atoms with Crippen LogP contribution in [0.4, 0.5) is 23.8 Å². The van der Waals surface area contributed by atoms with Crippen molar-refractivity contribution < 1.29 is 72.8 Å². The number of carbonyl (C=O) groups is 4. The lowest BCUT2D eigenvalue weighted by molar-refractivity contribution is -0.144. The Hall–Kier alpha value is -15.7.